The van der Waals surface area contributed by atoms with E-state index in [-0.39, 0.29) is 0 Å². The number of aliphatic hydroxyl groups is 1. The third kappa shape index (κ3) is 4.14. The van der Waals surface area contributed by atoms with E-state index in [1.807, 2.05) is 11.8 Å². The zero-order chi connectivity index (χ0) is 8.65. The van der Waals surface area contributed by atoms with Crippen LogP contribution in [-0.4, -0.2) is 47.8 Å². The summed E-state index contributed by atoms with van der Waals surface area (Å²) in [6.07, 6.45) is 5.37. The maximum absolute atomic E-state index is 8.54. The molecule has 0 aromatic carbocycles. The second-order valence-electron chi connectivity index (χ2n) is 2.92. The molecule has 12 heavy (non-hydrogen) atoms. The van der Waals surface area contributed by atoms with Crippen molar-refractivity contribution in [2.45, 2.75) is 6.42 Å². The molecule has 1 aliphatic rings. The average Bonchev–Trinajstić information content (AvgIpc) is 2.57. The molecule has 1 aliphatic heterocycles. The van der Waals surface area contributed by atoms with Crippen molar-refractivity contribution in [3.63, 3.8) is 0 Å². The molecule has 0 bridgehead atoms. The summed E-state index contributed by atoms with van der Waals surface area (Å²) in [5.41, 5.74) is 0. The van der Waals surface area contributed by atoms with Crippen molar-refractivity contribution in [1.82, 2.24) is 4.90 Å². The highest BCUT2D eigenvalue weighted by Crippen LogP contribution is 2.05. The van der Waals surface area contributed by atoms with Crippen molar-refractivity contribution in [3.8, 4) is 0 Å². The highest BCUT2D eigenvalue weighted by molar-refractivity contribution is 7.99. The first-order valence-electron chi connectivity index (χ1n) is 4.49. The molecule has 0 radical (unpaired) electrons. The van der Waals surface area contributed by atoms with E-state index in [9.17, 15) is 0 Å². The first-order valence-corrected chi connectivity index (χ1v) is 5.65. The predicted octanol–water partition coefficient (Wildman–Crippen LogP) is 0.974. The minimum Gasteiger partial charge on any atom is -0.396 e. The first-order chi connectivity index (χ1) is 5.93. The summed E-state index contributed by atoms with van der Waals surface area (Å²) in [6.45, 7) is 3.77. The molecular weight excluding hydrogens is 170 g/mol. The van der Waals surface area contributed by atoms with Crippen LogP contribution in [0, 0.1) is 0 Å². The topological polar surface area (TPSA) is 23.5 Å². The lowest BCUT2D eigenvalue weighted by molar-refractivity contribution is 0.296. The Morgan fingerprint density at radius 1 is 1.25 bits per heavy atom. The van der Waals surface area contributed by atoms with Gasteiger partial charge in [-0.1, -0.05) is 12.2 Å². The average molecular weight is 187 g/mol. The fourth-order valence-corrected chi connectivity index (χ4v) is 2.09. The van der Waals surface area contributed by atoms with Gasteiger partial charge in [-0.05, 0) is 12.2 Å². The van der Waals surface area contributed by atoms with Crippen molar-refractivity contribution >= 4 is 11.8 Å². The van der Waals surface area contributed by atoms with Crippen molar-refractivity contribution in [3.05, 3.63) is 12.2 Å². The van der Waals surface area contributed by atoms with Crippen molar-refractivity contribution in [1.29, 1.82) is 0 Å². The van der Waals surface area contributed by atoms with Gasteiger partial charge in [0.2, 0.25) is 0 Å². The molecule has 0 atom stereocenters. The molecule has 0 aromatic heterocycles. The van der Waals surface area contributed by atoms with E-state index in [0.29, 0.717) is 6.61 Å². The second-order valence-corrected chi connectivity index (χ2v) is 4.15. The number of nitrogens with zero attached hydrogens (tertiary/aromatic N) is 1. The van der Waals surface area contributed by atoms with Crippen LogP contribution in [0.4, 0.5) is 0 Å². The summed E-state index contributed by atoms with van der Waals surface area (Å²) in [7, 11) is 0. The lowest BCUT2D eigenvalue weighted by atomic mass is 10.5. The van der Waals surface area contributed by atoms with Gasteiger partial charge < -0.3 is 5.11 Å². The van der Waals surface area contributed by atoms with E-state index < -0.39 is 0 Å². The highest BCUT2D eigenvalue weighted by atomic mass is 32.2. The van der Waals surface area contributed by atoms with Gasteiger partial charge in [-0.15, -0.1) is 0 Å². The van der Waals surface area contributed by atoms with Crippen molar-refractivity contribution in [2.75, 3.05) is 37.7 Å². The summed E-state index contributed by atoms with van der Waals surface area (Å²) >= 11 is 1.94. The molecule has 0 saturated heterocycles. The molecular formula is C9H17NOS. The van der Waals surface area contributed by atoms with Gasteiger partial charge in [0.1, 0.15) is 0 Å². The number of thioether (sulfide) groups is 1. The van der Waals surface area contributed by atoms with Gasteiger partial charge in [0.15, 0.2) is 0 Å². The Morgan fingerprint density at radius 3 is 2.67 bits per heavy atom. The Bertz CT molecular complexity index is 130. The summed E-state index contributed by atoms with van der Waals surface area (Å²) in [5.74, 6) is 2.29. The molecule has 0 saturated carbocycles. The monoisotopic (exact) mass is 187 g/mol. The van der Waals surface area contributed by atoms with Gasteiger partial charge in [0.25, 0.3) is 0 Å². The fraction of sp³-hybridized carbons (Fsp3) is 0.778. The molecule has 1 heterocycles. The Kier molecular flexibility index (Phi) is 5.48. The quantitative estimate of drug-likeness (QED) is 0.495. The predicted molar refractivity (Wildman–Crippen MR) is 54.6 cm³/mol. The van der Waals surface area contributed by atoms with E-state index in [0.717, 1.165) is 25.3 Å². The van der Waals surface area contributed by atoms with Crippen LogP contribution in [-0.2, 0) is 0 Å². The summed E-state index contributed by atoms with van der Waals surface area (Å²) in [6, 6.07) is 0. The molecule has 0 aromatic rings. The third-order valence-electron chi connectivity index (χ3n) is 1.89. The van der Waals surface area contributed by atoms with Gasteiger partial charge in [-0.2, -0.15) is 11.8 Å². The largest absolute Gasteiger partial charge is 0.396 e. The SMILES string of the molecule is OCCCSCCN1CC=CC1. The third-order valence-corrected chi connectivity index (χ3v) is 2.94. The van der Waals surface area contributed by atoms with Crippen LogP contribution >= 0.6 is 11.8 Å². The Labute approximate surface area is 78.6 Å². The molecule has 2 nitrogen and oxygen atoms in total. The van der Waals surface area contributed by atoms with Crippen LogP contribution in [0.3, 0.4) is 0 Å². The Morgan fingerprint density at radius 2 is 2.00 bits per heavy atom. The Hall–Kier alpha value is 0.0100. The highest BCUT2D eigenvalue weighted by Gasteiger charge is 2.04. The second kappa shape index (κ2) is 6.52. The zero-order valence-electron chi connectivity index (χ0n) is 7.41. The zero-order valence-corrected chi connectivity index (χ0v) is 8.22. The maximum Gasteiger partial charge on any atom is 0.0438 e. The van der Waals surface area contributed by atoms with E-state index in [1.165, 1.54) is 12.3 Å². The molecule has 0 amide bonds. The van der Waals surface area contributed by atoms with E-state index in [4.69, 9.17) is 5.11 Å². The summed E-state index contributed by atoms with van der Waals surface area (Å²) in [4.78, 5) is 2.42. The van der Waals surface area contributed by atoms with Crippen LogP contribution in [0.5, 0.6) is 0 Å². The first kappa shape index (κ1) is 10.1. The number of hydrogen-bond acceptors (Lipinski definition) is 3. The van der Waals surface area contributed by atoms with Crippen LogP contribution in [0.15, 0.2) is 12.2 Å². The van der Waals surface area contributed by atoms with Gasteiger partial charge in [-0.3, -0.25) is 4.90 Å². The van der Waals surface area contributed by atoms with E-state index in [2.05, 4.69) is 17.1 Å². The standard InChI is InChI=1S/C9H17NOS/c11-7-3-8-12-9-6-10-4-1-2-5-10/h1-2,11H,3-9H2. The minimum atomic E-state index is 0.332. The smallest absolute Gasteiger partial charge is 0.0438 e. The van der Waals surface area contributed by atoms with Gasteiger partial charge >= 0.3 is 0 Å². The van der Waals surface area contributed by atoms with Gasteiger partial charge in [0.05, 0.1) is 0 Å². The van der Waals surface area contributed by atoms with Crippen LogP contribution in [0.1, 0.15) is 6.42 Å². The molecule has 0 fully saturated rings. The number of hydrogen-bond donors (Lipinski definition) is 1. The maximum atomic E-state index is 8.54. The molecule has 70 valence electrons. The summed E-state index contributed by atoms with van der Waals surface area (Å²) < 4.78 is 0. The summed E-state index contributed by atoms with van der Waals surface area (Å²) in [5, 5.41) is 8.54. The normalized spacial score (nSPS) is 17.4. The number of rotatable bonds is 6. The van der Waals surface area contributed by atoms with E-state index >= 15 is 0 Å². The molecule has 0 unspecified atom stereocenters. The van der Waals surface area contributed by atoms with Crippen molar-refractivity contribution < 1.29 is 5.11 Å². The molecule has 0 aliphatic carbocycles. The minimum absolute atomic E-state index is 0.332. The van der Waals surface area contributed by atoms with Crippen LogP contribution < -0.4 is 0 Å². The lowest BCUT2D eigenvalue weighted by Gasteiger charge is -2.13. The molecule has 3 heteroatoms. The van der Waals surface area contributed by atoms with Crippen molar-refractivity contribution in [2.24, 2.45) is 0 Å². The van der Waals surface area contributed by atoms with Crippen LogP contribution in [0.25, 0.3) is 0 Å². The van der Waals surface area contributed by atoms with E-state index in [1.54, 1.807) is 0 Å². The molecule has 1 N–H and O–H groups in total. The number of aliphatic hydroxyl groups excluding tert-OH is 1. The van der Waals surface area contributed by atoms with Gasteiger partial charge in [0, 0.05) is 32.0 Å². The fourth-order valence-electron chi connectivity index (χ4n) is 1.17. The van der Waals surface area contributed by atoms with Crippen LogP contribution in [0.2, 0.25) is 0 Å². The Balaban J connectivity index is 1.82. The molecule has 1 rings (SSSR count). The lowest BCUT2D eigenvalue weighted by Crippen LogP contribution is -2.22. The molecule has 0 spiro atoms. The van der Waals surface area contributed by atoms with Gasteiger partial charge in [-0.25, -0.2) is 0 Å².